The summed E-state index contributed by atoms with van der Waals surface area (Å²) in [6, 6.07) is 9.91. The lowest BCUT2D eigenvalue weighted by Gasteiger charge is -2.13. The van der Waals surface area contributed by atoms with E-state index in [0.29, 0.717) is 11.3 Å². The lowest BCUT2D eigenvalue weighted by atomic mass is 10.1. The average Bonchev–Trinajstić information content (AvgIpc) is 2.45. The van der Waals surface area contributed by atoms with Crippen molar-refractivity contribution in [3.8, 4) is 0 Å². The molecule has 0 bridgehead atoms. The Kier molecular flexibility index (Phi) is 4.61. The number of hydrogen-bond donors (Lipinski definition) is 2. The predicted molar refractivity (Wildman–Crippen MR) is 88.6 cm³/mol. The molecule has 2 rings (SSSR count). The second-order valence-electron chi connectivity index (χ2n) is 5.14. The fraction of sp³-hybridized carbons (Fsp3) is 0.111. The molecule has 2 N–H and O–H groups in total. The van der Waals surface area contributed by atoms with Gasteiger partial charge >= 0.3 is 0 Å². The van der Waals surface area contributed by atoms with Crippen LogP contribution in [0.4, 0.5) is 20.2 Å². The van der Waals surface area contributed by atoms with Crippen LogP contribution in [0.5, 0.6) is 0 Å². The Balaban J connectivity index is 2.19. The third-order valence-corrected chi connectivity index (χ3v) is 3.12. The minimum absolute atomic E-state index is 0.135. The summed E-state index contributed by atoms with van der Waals surface area (Å²) < 4.78 is 27.9. The molecular weight excluding hydrogens is 282 g/mol. The van der Waals surface area contributed by atoms with Crippen LogP contribution in [0.2, 0.25) is 0 Å². The van der Waals surface area contributed by atoms with Crippen LogP contribution in [0.3, 0.4) is 0 Å². The van der Waals surface area contributed by atoms with Crippen LogP contribution in [0.25, 0.3) is 5.70 Å². The summed E-state index contributed by atoms with van der Waals surface area (Å²) in [5, 5.41) is 6.00. The number of nitrogens with one attached hydrogen (secondary N) is 2. The van der Waals surface area contributed by atoms with Crippen molar-refractivity contribution < 1.29 is 8.78 Å². The zero-order chi connectivity index (χ0) is 16.3. The molecule has 0 spiro atoms. The van der Waals surface area contributed by atoms with Crippen LogP contribution in [0.1, 0.15) is 18.1 Å². The first-order valence-electron chi connectivity index (χ1n) is 6.82. The van der Waals surface area contributed by atoms with E-state index in [1.165, 1.54) is 12.1 Å². The third-order valence-electron chi connectivity index (χ3n) is 3.12. The highest BCUT2D eigenvalue weighted by Crippen LogP contribution is 2.25. The Labute approximate surface area is 129 Å². The molecule has 0 radical (unpaired) electrons. The van der Waals surface area contributed by atoms with Crippen molar-refractivity contribution in [1.29, 1.82) is 0 Å². The largest absolute Gasteiger partial charge is 0.360 e. The molecule has 0 aliphatic carbocycles. The number of rotatable bonds is 5. The zero-order valence-corrected chi connectivity index (χ0v) is 12.6. The van der Waals surface area contributed by atoms with Crippen LogP contribution in [0.15, 0.2) is 55.3 Å². The van der Waals surface area contributed by atoms with E-state index in [9.17, 15) is 8.78 Å². The molecule has 0 aliphatic heterocycles. The van der Waals surface area contributed by atoms with Crippen molar-refractivity contribution in [1.82, 2.24) is 0 Å². The molecule has 0 unspecified atom stereocenters. The molecule has 4 heteroatoms. The lowest BCUT2D eigenvalue weighted by molar-refractivity contribution is 0.571. The third kappa shape index (κ3) is 3.52. The summed E-state index contributed by atoms with van der Waals surface area (Å²) in [6.07, 6.45) is 0. The smallest absolute Gasteiger partial charge is 0.138 e. The van der Waals surface area contributed by atoms with Crippen LogP contribution in [-0.4, -0.2) is 0 Å². The number of benzene rings is 2. The van der Waals surface area contributed by atoms with Crippen molar-refractivity contribution in [2.75, 3.05) is 10.6 Å². The molecule has 2 nitrogen and oxygen atoms in total. The van der Waals surface area contributed by atoms with E-state index in [-0.39, 0.29) is 11.3 Å². The second kappa shape index (κ2) is 6.43. The number of aryl methyl sites for hydroxylation is 1. The van der Waals surface area contributed by atoms with Crippen molar-refractivity contribution >= 4 is 17.1 Å². The monoisotopic (exact) mass is 300 g/mol. The van der Waals surface area contributed by atoms with Gasteiger partial charge in [0.05, 0.1) is 5.56 Å². The van der Waals surface area contributed by atoms with Gasteiger partial charge in [0.1, 0.15) is 11.6 Å². The summed E-state index contributed by atoms with van der Waals surface area (Å²) in [6.45, 7) is 10.9. The summed E-state index contributed by atoms with van der Waals surface area (Å²) in [7, 11) is 0. The maximum Gasteiger partial charge on any atom is 0.138 e. The number of halogens is 2. The van der Waals surface area contributed by atoms with Crippen molar-refractivity contribution in [3.05, 3.63) is 78.0 Å². The minimum Gasteiger partial charge on any atom is -0.360 e. The highest BCUT2D eigenvalue weighted by atomic mass is 19.1. The van der Waals surface area contributed by atoms with Gasteiger partial charge in [0.15, 0.2) is 0 Å². The number of allylic oxidation sites excluding steroid dienone is 1. The molecule has 2 aromatic carbocycles. The van der Waals surface area contributed by atoms with Crippen LogP contribution < -0.4 is 10.6 Å². The van der Waals surface area contributed by atoms with E-state index in [4.69, 9.17) is 0 Å². The molecular formula is C18H18F2N2. The van der Waals surface area contributed by atoms with Gasteiger partial charge in [-0.3, -0.25) is 0 Å². The van der Waals surface area contributed by atoms with Crippen molar-refractivity contribution in [2.45, 2.75) is 13.8 Å². The highest BCUT2D eigenvalue weighted by molar-refractivity contribution is 5.76. The Morgan fingerprint density at radius 2 is 1.45 bits per heavy atom. The maximum atomic E-state index is 14.1. The van der Waals surface area contributed by atoms with Gasteiger partial charge in [0.25, 0.3) is 0 Å². The summed E-state index contributed by atoms with van der Waals surface area (Å²) in [4.78, 5) is 0. The first-order chi connectivity index (χ1) is 10.4. The Hall–Kier alpha value is -2.62. The van der Waals surface area contributed by atoms with Gasteiger partial charge in [0, 0.05) is 22.8 Å². The van der Waals surface area contributed by atoms with Gasteiger partial charge in [-0.1, -0.05) is 19.2 Å². The molecule has 0 saturated carbocycles. The van der Waals surface area contributed by atoms with Gasteiger partial charge in [-0.2, -0.15) is 0 Å². The lowest BCUT2D eigenvalue weighted by Crippen LogP contribution is -2.04. The topological polar surface area (TPSA) is 24.1 Å². The molecule has 0 atom stereocenters. The molecule has 2 aromatic rings. The normalized spacial score (nSPS) is 10.2. The molecule has 0 aliphatic rings. The van der Waals surface area contributed by atoms with Crippen molar-refractivity contribution in [3.63, 3.8) is 0 Å². The Morgan fingerprint density at radius 3 is 2.00 bits per heavy atom. The fourth-order valence-corrected chi connectivity index (χ4v) is 2.05. The van der Waals surface area contributed by atoms with E-state index >= 15 is 0 Å². The number of anilines is 2. The SMILES string of the molecule is C=C(C)Nc1ccc(NC(=C)c2c(F)ccc(C)c2F)cc1. The predicted octanol–water partition coefficient (Wildman–Crippen LogP) is 5.30. The molecule has 22 heavy (non-hydrogen) atoms. The van der Waals surface area contributed by atoms with Crippen LogP contribution in [0, 0.1) is 18.6 Å². The Bertz CT molecular complexity index is 719. The first kappa shape index (κ1) is 15.8. The molecule has 0 aromatic heterocycles. The second-order valence-corrected chi connectivity index (χ2v) is 5.14. The average molecular weight is 300 g/mol. The summed E-state index contributed by atoms with van der Waals surface area (Å²) in [5.74, 6) is -1.24. The first-order valence-corrected chi connectivity index (χ1v) is 6.82. The van der Waals surface area contributed by atoms with Gasteiger partial charge < -0.3 is 10.6 Å². The molecule has 0 saturated heterocycles. The van der Waals surface area contributed by atoms with E-state index < -0.39 is 11.6 Å². The van der Waals surface area contributed by atoms with Gasteiger partial charge in [-0.15, -0.1) is 0 Å². The van der Waals surface area contributed by atoms with E-state index in [2.05, 4.69) is 23.8 Å². The van der Waals surface area contributed by atoms with E-state index in [1.807, 2.05) is 19.1 Å². The standard InChI is InChI=1S/C18H18F2N2/c1-11(2)21-14-6-8-15(9-7-14)22-13(4)17-16(19)10-5-12(3)18(17)20/h5-10,21-22H,1,4H2,2-3H3. The van der Waals surface area contributed by atoms with Crippen molar-refractivity contribution in [2.24, 2.45) is 0 Å². The Morgan fingerprint density at radius 1 is 0.909 bits per heavy atom. The number of hydrogen-bond acceptors (Lipinski definition) is 2. The van der Waals surface area contributed by atoms with Crippen LogP contribution >= 0.6 is 0 Å². The summed E-state index contributed by atoms with van der Waals surface area (Å²) in [5.41, 5.74) is 2.83. The fourth-order valence-electron chi connectivity index (χ4n) is 2.05. The minimum atomic E-state index is -0.638. The van der Waals surface area contributed by atoms with Gasteiger partial charge in [-0.25, -0.2) is 8.78 Å². The zero-order valence-electron chi connectivity index (χ0n) is 12.6. The quantitative estimate of drug-likeness (QED) is 0.782. The molecule has 0 fully saturated rings. The summed E-state index contributed by atoms with van der Waals surface area (Å²) >= 11 is 0. The van der Waals surface area contributed by atoms with E-state index in [1.54, 1.807) is 19.1 Å². The van der Waals surface area contributed by atoms with E-state index in [0.717, 1.165) is 11.4 Å². The van der Waals surface area contributed by atoms with Gasteiger partial charge in [-0.05, 0) is 49.7 Å². The van der Waals surface area contributed by atoms with Gasteiger partial charge in [0.2, 0.25) is 0 Å². The molecule has 114 valence electrons. The molecule has 0 amide bonds. The van der Waals surface area contributed by atoms with Crippen LogP contribution in [-0.2, 0) is 0 Å². The molecule has 0 heterocycles. The highest BCUT2D eigenvalue weighted by Gasteiger charge is 2.14. The maximum absolute atomic E-state index is 14.1.